The van der Waals surface area contributed by atoms with Crippen molar-refractivity contribution in [3.63, 3.8) is 0 Å². The molecule has 1 heterocycles. The zero-order valence-electron chi connectivity index (χ0n) is 39.7. The van der Waals surface area contributed by atoms with Crippen LogP contribution in [0.25, 0.3) is 0 Å². The van der Waals surface area contributed by atoms with Crippen LogP contribution in [-0.2, 0) is 14.3 Å². The molecule has 0 spiro atoms. The summed E-state index contributed by atoms with van der Waals surface area (Å²) in [6.45, 7) is 3.33. The molecule has 0 aromatic carbocycles. The molecule has 1 fully saturated rings. The van der Waals surface area contributed by atoms with Gasteiger partial charge in [-0.3, -0.25) is 4.79 Å². The molecule has 362 valence electrons. The Hall–Kier alpha value is -4.19. The second kappa shape index (κ2) is 43.7. The molecule has 9 nitrogen and oxygen atoms in total. The van der Waals surface area contributed by atoms with E-state index in [1.165, 1.54) is 0 Å². The lowest BCUT2D eigenvalue weighted by Gasteiger charge is -2.40. The lowest BCUT2D eigenvalue weighted by Crippen LogP contribution is -2.60. The van der Waals surface area contributed by atoms with Crippen LogP contribution in [-0.4, -0.2) is 87.5 Å². The second-order valence-corrected chi connectivity index (χ2v) is 15.8. The average molecular weight is 900 g/mol. The summed E-state index contributed by atoms with van der Waals surface area (Å²) in [5.74, 6) is -0.246. The van der Waals surface area contributed by atoms with Crippen molar-refractivity contribution in [3.8, 4) is 0 Å². The fraction of sp³-hybridized carbons (Fsp3) is 0.518. The molecular weight excluding hydrogens is 815 g/mol. The number of aliphatic hydroxyl groups is 5. The number of ether oxygens (including phenoxy) is 2. The first-order valence-corrected chi connectivity index (χ1v) is 24.2. The topological polar surface area (TPSA) is 149 Å². The van der Waals surface area contributed by atoms with E-state index >= 15 is 0 Å². The van der Waals surface area contributed by atoms with Gasteiger partial charge in [0.05, 0.1) is 25.4 Å². The number of hydrogen-bond acceptors (Lipinski definition) is 8. The fourth-order valence-corrected chi connectivity index (χ4v) is 6.34. The van der Waals surface area contributed by atoms with Crippen molar-refractivity contribution >= 4 is 5.91 Å². The van der Waals surface area contributed by atoms with Crippen LogP contribution >= 0.6 is 0 Å². The molecule has 0 aliphatic carbocycles. The number of carbonyl (C=O) groups excluding carboxylic acids is 1. The van der Waals surface area contributed by atoms with Crippen LogP contribution in [0.5, 0.6) is 0 Å². The number of rotatable bonds is 37. The number of hydrogen-bond donors (Lipinski definition) is 6. The van der Waals surface area contributed by atoms with Crippen molar-refractivity contribution in [1.82, 2.24) is 5.32 Å². The summed E-state index contributed by atoms with van der Waals surface area (Å²) in [6, 6.07) is -0.862. The summed E-state index contributed by atoms with van der Waals surface area (Å²) < 4.78 is 11.1. The molecule has 0 bridgehead atoms. The third kappa shape index (κ3) is 33.9. The third-order valence-corrected chi connectivity index (χ3v) is 10.2. The van der Waals surface area contributed by atoms with Gasteiger partial charge in [-0.1, -0.05) is 165 Å². The molecule has 0 aromatic heterocycles. The lowest BCUT2D eigenvalue weighted by atomic mass is 9.99. The fourth-order valence-electron chi connectivity index (χ4n) is 6.34. The Labute approximate surface area is 393 Å². The van der Waals surface area contributed by atoms with E-state index in [2.05, 4.69) is 152 Å². The summed E-state index contributed by atoms with van der Waals surface area (Å²) in [6.07, 6.45) is 63.3. The van der Waals surface area contributed by atoms with E-state index in [9.17, 15) is 30.3 Å². The van der Waals surface area contributed by atoms with Crippen LogP contribution in [0.15, 0.2) is 158 Å². The summed E-state index contributed by atoms with van der Waals surface area (Å²) >= 11 is 0. The first kappa shape index (κ1) is 58.8. The number of unbranched alkanes of at least 4 members (excludes halogenated alkanes) is 4. The number of amides is 1. The van der Waals surface area contributed by atoms with Crippen molar-refractivity contribution in [2.75, 3.05) is 13.2 Å². The van der Waals surface area contributed by atoms with E-state index in [1.54, 1.807) is 6.08 Å². The minimum atomic E-state index is -1.59. The highest BCUT2D eigenvalue weighted by atomic mass is 16.7. The van der Waals surface area contributed by atoms with E-state index in [4.69, 9.17) is 9.47 Å². The third-order valence-electron chi connectivity index (χ3n) is 10.2. The normalized spacial score (nSPS) is 21.4. The quantitative estimate of drug-likeness (QED) is 0.0267. The molecule has 0 saturated carbocycles. The Morgan fingerprint density at radius 1 is 0.554 bits per heavy atom. The van der Waals surface area contributed by atoms with Crippen molar-refractivity contribution in [3.05, 3.63) is 158 Å². The maximum atomic E-state index is 12.9. The van der Waals surface area contributed by atoms with Crippen molar-refractivity contribution in [2.24, 2.45) is 0 Å². The first-order valence-electron chi connectivity index (χ1n) is 24.2. The number of nitrogens with one attached hydrogen (secondary N) is 1. The van der Waals surface area contributed by atoms with E-state index in [0.717, 1.165) is 96.3 Å². The van der Waals surface area contributed by atoms with Crippen LogP contribution in [0, 0.1) is 0 Å². The number of aliphatic hydroxyl groups excluding tert-OH is 5. The molecule has 7 unspecified atom stereocenters. The predicted octanol–water partition coefficient (Wildman–Crippen LogP) is 10.9. The highest BCUT2D eigenvalue weighted by Gasteiger charge is 2.44. The SMILES string of the molecule is C/C=C/CC/C=C/CC/C=C/C(O)C(COC1OC(CO)C(O)C(O)C1O)NC(=O)CCCC/C=C\C/C=C\C/C=C\C/C=C\C/C=C\C/C=C\C/C=C\C/C=C\C/C=C\C/C=C\CC. The van der Waals surface area contributed by atoms with Crippen LogP contribution < -0.4 is 5.32 Å². The zero-order chi connectivity index (χ0) is 47.3. The standard InChI is InChI=1S/C56H85NO8/c1-3-5-7-9-11-13-14-15-16-17-18-19-20-21-22-23-24-25-26-27-28-29-30-31-32-33-34-35-36-38-40-42-44-46-52(60)57-49(50(59)45-43-41-39-37-12-10-8-6-4-2)48-64-56-55(63)54(62)53(61)51(47-58)65-56/h4-7,11-13,15-16,18-19,21-22,24-25,27-28,30-31,33-34,36-38,43,45,49-51,53-56,58-59,61-63H,3,8-10,14,17,20,23,26,29,32,35,39-42,44,46-48H2,1-2H3,(H,57,60)/b6-4+,7-5-,13-11-,16-15-,19-18-,22-21-,25-24-,28-27-,31-30-,34-33-,37-12+,38-36-,45-43+. The van der Waals surface area contributed by atoms with E-state index in [0.29, 0.717) is 12.8 Å². The molecule has 0 aromatic rings. The second-order valence-electron chi connectivity index (χ2n) is 15.8. The van der Waals surface area contributed by atoms with E-state index < -0.39 is 49.5 Å². The average Bonchev–Trinajstić information content (AvgIpc) is 3.31. The Morgan fingerprint density at radius 3 is 1.42 bits per heavy atom. The molecular formula is C56H85NO8. The van der Waals surface area contributed by atoms with Gasteiger partial charge in [-0.25, -0.2) is 0 Å². The van der Waals surface area contributed by atoms with Crippen LogP contribution in [0.2, 0.25) is 0 Å². The first-order chi connectivity index (χ1) is 31.8. The molecule has 9 heteroatoms. The summed E-state index contributed by atoms with van der Waals surface area (Å²) in [5, 5.41) is 53.9. The van der Waals surface area contributed by atoms with Crippen molar-refractivity contribution in [1.29, 1.82) is 0 Å². The summed E-state index contributed by atoms with van der Waals surface area (Å²) in [5.41, 5.74) is 0. The van der Waals surface area contributed by atoms with Gasteiger partial charge in [0.2, 0.25) is 5.91 Å². The smallest absolute Gasteiger partial charge is 0.220 e. The minimum absolute atomic E-state index is 0.236. The van der Waals surface area contributed by atoms with Gasteiger partial charge in [0, 0.05) is 6.42 Å². The van der Waals surface area contributed by atoms with Crippen molar-refractivity contribution in [2.45, 2.75) is 172 Å². The molecule has 1 amide bonds. The number of carbonyl (C=O) groups is 1. The maximum Gasteiger partial charge on any atom is 0.220 e. The zero-order valence-corrected chi connectivity index (χ0v) is 39.7. The van der Waals surface area contributed by atoms with Gasteiger partial charge in [-0.15, -0.1) is 0 Å². The molecule has 1 rings (SSSR count). The van der Waals surface area contributed by atoms with Gasteiger partial charge in [0.25, 0.3) is 0 Å². The largest absolute Gasteiger partial charge is 0.394 e. The predicted molar refractivity (Wildman–Crippen MR) is 271 cm³/mol. The van der Waals surface area contributed by atoms with Crippen LogP contribution in [0.3, 0.4) is 0 Å². The Kier molecular flexibility index (Phi) is 39.5. The minimum Gasteiger partial charge on any atom is -0.394 e. The lowest BCUT2D eigenvalue weighted by molar-refractivity contribution is -0.302. The summed E-state index contributed by atoms with van der Waals surface area (Å²) in [7, 11) is 0. The van der Waals surface area contributed by atoms with Gasteiger partial charge in [0.1, 0.15) is 24.4 Å². The maximum absolute atomic E-state index is 12.9. The van der Waals surface area contributed by atoms with Gasteiger partial charge >= 0.3 is 0 Å². The van der Waals surface area contributed by atoms with Gasteiger partial charge in [0.15, 0.2) is 6.29 Å². The molecule has 1 aliphatic rings. The highest BCUT2D eigenvalue weighted by Crippen LogP contribution is 2.22. The summed E-state index contributed by atoms with van der Waals surface area (Å²) in [4.78, 5) is 12.9. The molecule has 0 radical (unpaired) electrons. The molecule has 65 heavy (non-hydrogen) atoms. The van der Waals surface area contributed by atoms with Gasteiger partial charge < -0.3 is 40.3 Å². The van der Waals surface area contributed by atoms with Gasteiger partial charge in [-0.2, -0.15) is 0 Å². The molecule has 1 saturated heterocycles. The van der Waals surface area contributed by atoms with Crippen LogP contribution in [0.4, 0.5) is 0 Å². The number of allylic oxidation sites excluding steroid dienone is 25. The molecule has 1 aliphatic heterocycles. The Balaban J connectivity index is 2.27. The monoisotopic (exact) mass is 900 g/mol. The Morgan fingerprint density at radius 2 is 0.969 bits per heavy atom. The van der Waals surface area contributed by atoms with E-state index in [1.807, 2.05) is 19.1 Å². The molecule has 7 atom stereocenters. The van der Waals surface area contributed by atoms with Gasteiger partial charge in [-0.05, 0) is 116 Å². The molecule has 6 N–H and O–H groups in total. The van der Waals surface area contributed by atoms with E-state index in [-0.39, 0.29) is 18.9 Å². The van der Waals surface area contributed by atoms with Crippen LogP contribution in [0.1, 0.15) is 129 Å². The highest BCUT2D eigenvalue weighted by molar-refractivity contribution is 5.76. The Bertz CT molecular complexity index is 1560. The van der Waals surface area contributed by atoms with Crippen molar-refractivity contribution < 1.29 is 39.8 Å².